The van der Waals surface area contributed by atoms with E-state index in [1.165, 1.54) is 21.4 Å². The smallest absolute Gasteiger partial charge is 0.336 e. The number of nitrogens with zero attached hydrogens (tertiary/aromatic N) is 3. The molecule has 0 amide bonds. The van der Waals surface area contributed by atoms with E-state index >= 15 is 0 Å². The first-order valence-electron chi connectivity index (χ1n) is 15.2. The van der Waals surface area contributed by atoms with Gasteiger partial charge >= 0.3 is 5.69 Å². The molecule has 2 aliphatic heterocycles. The van der Waals surface area contributed by atoms with Gasteiger partial charge in [0.05, 0.1) is 23.9 Å². The van der Waals surface area contributed by atoms with Crippen molar-refractivity contribution >= 4 is 40.7 Å². The molecule has 0 spiro atoms. The van der Waals surface area contributed by atoms with E-state index in [2.05, 4.69) is 18.1 Å². The monoisotopic (exact) mass is 772 g/mol. The molecule has 0 bridgehead atoms. The van der Waals surface area contributed by atoms with Crippen LogP contribution in [0.15, 0.2) is 77.9 Å². The van der Waals surface area contributed by atoms with E-state index in [1.807, 2.05) is 30.3 Å². The zero-order valence-electron chi connectivity index (χ0n) is 26.1. The number of aromatic nitrogens is 3. The van der Waals surface area contributed by atoms with Gasteiger partial charge in [0.2, 0.25) is 0 Å². The molecule has 270 valence electrons. The van der Waals surface area contributed by atoms with Crippen molar-refractivity contribution in [1.82, 2.24) is 14.0 Å². The van der Waals surface area contributed by atoms with Gasteiger partial charge in [-0.15, -0.1) is 0 Å². The molecular formula is C29H30ClN3O14P3-3. The van der Waals surface area contributed by atoms with Gasteiger partial charge < -0.3 is 37.9 Å². The third kappa shape index (κ3) is 8.72. The molecule has 2 fully saturated rings. The number of aryl methyl sites for hydroxylation is 1. The second-order valence-electron chi connectivity index (χ2n) is 11.2. The van der Waals surface area contributed by atoms with E-state index in [4.69, 9.17) is 30.3 Å². The Bertz CT molecular complexity index is 2030. The molecule has 0 N–H and O–H groups in total. The van der Waals surface area contributed by atoms with Gasteiger partial charge in [-0.1, -0.05) is 67.1 Å². The molecule has 4 aromatic rings. The maximum absolute atomic E-state index is 13.8. The van der Waals surface area contributed by atoms with E-state index in [-0.39, 0.29) is 6.42 Å². The van der Waals surface area contributed by atoms with Crippen molar-refractivity contribution < 1.29 is 60.3 Å². The minimum absolute atomic E-state index is 0.193. The number of rotatable bonds is 15. The number of hydrogen-bond donors (Lipinski definition) is 0. The van der Waals surface area contributed by atoms with Gasteiger partial charge in [0, 0.05) is 24.4 Å². The fourth-order valence-electron chi connectivity index (χ4n) is 5.49. The SMILES string of the molecule is CCCOP(=O)([O-])OP(=O)([O-])OP(=O)([O-])OC[C@H]1O[C@@H](n2ccc3nc(-c4ccccc4Cl)cn3c2=O)[C@H]2OC(CCc3ccccc3)OC12. The molecule has 8 atom stereocenters. The van der Waals surface area contributed by atoms with Gasteiger partial charge in [-0.25, -0.2) is 18.4 Å². The molecule has 2 aromatic carbocycles. The first-order chi connectivity index (χ1) is 23.7. The average molecular weight is 773 g/mol. The van der Waals surface area contributed by atoms with Crippen LogP contribution < -0.4 is 20.4 Å². The van der Waals surface area contributed by atoms with Crippen molar-refractivity contribution in [2.24, 2.45) is 0 Å². The molecule has 0 radical (unpaired) electrons. The van der Waals surface area contributed by atoms with Crippen LogP contribution in [0.5, 0.6) is 0 Å². The highest BCUT2D eigenvalue weighted by Gasteiger charge is 2.54. The lowest BCUT2D eigenvalue weighted by molar-refractivity contribution is -0.252. The highest BCUT2D eigenvalue weighted by Crippen LogP contribution is 2.63. The Hall–Kier alpha value is -2.56. The minimum atomic E-state index is -6.03. The zero-order chi connectivity index (χ0) is 35.7. The summed E-state index contributed by atoms with van der Waals surface area (Å²) in [4.78, 5) is 54.6. The predicted molar refractivity (Wildman–Crippen MR) is 169 cm³/mol. The maximum atomic E-state index is 13.8. The van der Waals surface area contributed by atoms with Crippen LogP contribution in [0, 0.1) is 0 Å². The van der Waals surface area contributed by atoms with Crippen LogP contribution in [0.4, 0.5) is 0 Å². The summed E-state index contributed by atoms with van der Waals surface area (Å²) in [5.74, 6) is 0. The van der Waals surface area contributed by atoms with Crippen molar-refractivity contribution in [2.75, 3.05) is 13.2 Å². The number of hydrogen-bond acceptors (Lipinski definition) is 15. The van der Waals surface area contributed by atoms with Crippen LogP contribution in [0.3, 0.4) is 0 Å². The molecule has 0 saturated carbocycles. The van der Waals surface area contributed by atoms with Crippen molar-refractivity contribution in [3.8, 4) is 11.3 Å². The van der Waals surface area contributed by atoms with Crippen molar-refractivity contribution in [3.05, 3.63) is 94.1 Å². The summed E-state index contributed by atoms with van der Waals surface area (Å²) >= 11 is 6.34. The lowest BCUT2D eigenvalue weighted by Crippen LogP contribution is -2.35. The van der Waals surface area contributed by atoms with Crippen LogP contribution >= 0.6 is 35.1 Å². The lowest BCUT2D eigenvalue weighted by Gasteiger charge is -2.34. The summed E-state index contributed by atoms with van der Waals surface area (Å²) in [5, 5.41) is 0.436. The number of phosphoric acid groups is 3. The zero-order valence-corrected chi connectivity index (χ0v) is 29.6. The summed E-state index contributed by atoms with van der Waals surface area (Å²) in [7, 11) is -17.3. The average Bonchev–Trinajstić information content (AvgIpc) is 3.76. The number of fused-ring (bicyclic) bond motifs is 2. The number of benzene rings is 2. The van der Waals surface area contributed by atoms with Crippen LogP contribution in [0.1, 0.15) is 31.6 Å². The first-order valence-corrected chi connectivity index (χ1v) is 20.0. The van der Waals surface area contributed by atoms with Gasteiger partial charge in [0.15, 0.2) is 12.5 Å². The third-order valence-electron chi connectivity index (χ3n) is 7.63. The van der Waals surface area contributed by atoms with Gasteiger partial charge in [0.25, 0.3) is 23.5 Å². The Morgan fingerprint density at radius 2 is 1.56 bits per heavy atom. The molecule has 2 saturated heterocycles. The molecule has 17 nitrogen and oxygen atoms in total. The van der Waals surface area contributed by atoms with E-state index in [1.54, 1.807) is 37.3 Å². The Labute approximate surface area is 290 Å². The lowest BCUT2D eigenvalue weighted by atomic mass is 10.1. The van der Waals surface area contributed by atoms with E-state index in [9.17, 15) is 33.2 Å². The Morgan fingerprint density at radius 1 is 0.880 bits per heavy atom. The third-order valence-corrected chi connectivity index (χ3v) is 12.1. The summed E-state index contributed by atoms with van der Waals surface area (Å²) < 4.78 is 74.0. The molecule has 21 heteroatoms. The maximum Gasteiger partial charge on any atom is 0.336 e. The van der Waals surface area contributed by atoms with Gasteiger partial charge in [-0.2, -0.15) is 0 Å². The second kappa shape index (κ2) is 15.2. The molecule has 6 rings (SSSR count). The number of phosphoric ester groups is 2. The molecule has 2 aliphatic rings. The molecular weight excluding hydrogens is 743 g/mol. The van der Waals surface area contributed by atoms with E-state index in [0.717, 1.165) is 5.56 Å². The van der Waals surface area contributed by atoms with Crippen molar-refractivity contribution in [1.29, 1.82) is 0 Å². The van der Waals surface area contributed by atoms with Crippen LogP contribution in [-0.2, 0) is 52.0 Å². The fourth-order valence-corrected chi connectivity index (χ4v) is 9.18. The Kier molecular flexibility index (Phi) is 11.3. The summed E-state index contributed by atoms with van der Waals surface area (Å²) in [6.45, 7) is 0.262. The fraction of sp³-hybridized carbons (Fsp3) is 0.379. The highest BCUT2D eigenvalue weighted by atomic mass is 35.5. The number of imidazole rings is 1. The van der Waals surface area contributed by atoms with Gasteiger partial charge in [-0.3, -0.25) is 22.7 Å². The van der Waals surface area contributed by atoms with Crippen molar-refractivity contribution in [2.45, 2.75) is 57.0 Å². The molecule has 0 aliphatic carbocycles. The molecule has 5 unspecified atom stereocenters. The predicted octanol–water partition coefficient (Wildman–Crippen LogP) is 3.34. The van der Waals surface area contributed by atoms with Crippen molar-refractivity contribution in [3.63, 3.8) is 0 Å². The van der Waals surface area contributed by atoms with E-state index < -0.39 is 73.2 Å². The molecule has 2 aromatic heterocycles. The molecule has 50 heavy (non-hydrogen) atoms. The quantitative estimate of drug-likeness (QED) is 0.158. The number of ether oxygens (including phenoxy) is 3. The van der Waals surface area contributed by atoms with E-state index in [0.29, 0.717) is 34.8 Å². The van der Waals surface area contributed by atoms with Gasteiger partial charge in [-0.05, 0) is 30.5 Å². The number of halogens is 1. The van der Waals surface area contributed by atoms with Gasteiger partial charge in [0.1, 0.15) is 24.0 Å². The Morgan fingerprint density at radius 3 is 2.28 bits per heavy atom. The largest absolute Gasteiger partial charge is 0.756 e. The Balaban J connectivity index is 1.22. The summed E-state index contributed by atoms with van der Waals surface area (Å²) in [6.07, 6.45) is -1.05. The first kappa shape index (κ1) is 37.2. The topological polar surface area (TPSA) is 224 Å². The normalized spacial score (nSPS) is 25.6. The van der Waals surface area contributed by atoms with Crippen LogP contribution in [0.2, 0.25) is 5.02 Å². The van der Waals surface area contributed by atoms with Crippen LogP contribution in [0.25, 0.3) is 16.9 Å². The summed E-state index contributed by atoms with van der Waals surface area (Å²) in [6, 6.07) is 18.1. The molecule has 4 heterocycles. The summed E-state index contributed by atoms with van der Waals surface area (Å²) in [5.41, 5.74) is 1.80. The van der Waals surface area contributed by atoms with Crippen LogP contribution in [-0.4, -0.2) is 51.8 Å². The highest BCUT2D eigenvalue weighted by molar-refractivity contribution is 7.65. The standard InChI is InChI=1S/C29H33ClN3O14P3/c1-2-16-41-48(35,36)46-50(39,40)47-49(37,38)42-18-23-26-27(45-25(44-26)13-12-19-8-4-3-5-9-19)28(43-23)32-15-14-24-31-22(17-33(24)29(32)34)20-10-6-7-11-21(20)30/h3-11,14-15,17,23,25-28H,2,12-13,16,18H2,1H3,(H,35,36)(H,37,38)(H,39,40)/p-3/t23-,25?,26?,27+,28-/m1/s1. The second-order valence-corrected chi connectivity index (χ2v) is 16.1. The minimum Gasteiger partial charge on any atom is -0.756 e.